The van der Waals surface area contributed by atoms with Gasteiger partial charge in [-0.3, -0.25) is 0 Å². The fourth-order valence-electron chi connectivity index (χ4n) is 0.953. The molecule has 0 saturated carbocycles. The van der Waals surface area contributed by atoms with Gasteiger partial charge in [0, 0.05) is 0 Å². The number of hydrogen-bond donors (Lipinski definition) is 4. The average molecular weight is 256 g/mol. The molecule has 4 heteroatoms. The minimum Gasteiger partial charge on any atom is -0.508 e. The fourth-order valence-corrected chi connectivity index (χ4v) is 0.953. The number of benzene rings is 1. The molecule has 0 spiro atoms. The largest absolute Gasteiger partial charge is 0.508 e. The molecule has 1 rings (SSSR count). The summed E-state index contributed by atoms with van der Waals surface area (Å²) in [6.45, 7) is 12.8. The molecule has 0 radical (unpaired) electrons. The second-order valence-electron chi connectivity index (χ2n) is 3.43. The third kappa shape index (κ3) is 17.1. The highest BCUT2D eigenvalue weighted by atomic mass is 16.3. The van der Waals surface area contributed by atoms with Crippen LogP contribution in [0.3, 0.4) is 0 Å². The van der Waals surface area contributed by atoms with Crippen molar-refractivity contribution >= 4 is 0 Å². The molecule has 4 N–H and O–H groups in total. The van der Waals surface area contributed by atoms with Gasteiger partial charge in [-0.25, -0.2) is 0 Å². The van der Waals surface area contributed by atoms with E-state index in [1.54, 1.807) is 0 Å². The molecule has 0 heterocycles. The first-order valence-electron chi connectivity index (χ1n) is 6.51. The standard InChI is InChI=1S/C6H6O2.2C4H11N/c7-5-1-2-6(8)4-3-5;2*1-3-5-4-2/h1-4,7-8H;2*5H,3-4H2,1-2H3. The summed E-state index contributed by atoms with van der Waals surface area (Å²) < 4.78 is 0. The first-order chi connectivity index (χ1) is 8.62. The van der Waals surface area contributed by atoms with Crippen molar-refractivity contribution in [2.75, 3.05) is 26.2 Å². The predicted octanol–water partition coefficient (Wildman–Crippen LogP) is 2.33. The molecule has 106 valence electrons. The second-order valence-corrected chi connectivity index (χ2v) is 3.43. The Kier molecular flexibility index (Phi) is 16.7. The minimum absolute atomic E-state index is 0.169. The molecular weight excluding hydrogens is 228 g/mol. The van der Waals surface area contributed by atoms with Crippen LogP contribution in [-0.2, 0) is 0 Å². The average Bonchev–Trinajstić information content (AvgIpc) is 2.37. The maximum absolute atomic E-state index is 8.65. The lowest BCUT2D eigenvalue weighted by atomic mass is 10.3. The Morgan fingerprint density at radius 2 is 0.889 bits per heavy atom. The lowest BCUT2D eigenvalue weighted by Crippen LogP contribution is -2.09. The molecule has 1 aromatic carbocycles. The lowest BCUT2D eigenvalue weighted by molar-refractivity contribution is 0.460. The Balaban J connectivity index is 0. The van der Waals surface area contributed by atoms with Gasteiger partial charge >= 0.3 is 0 Å². The van der Waals surface area contributed by atoms with Crippen LogP contribution in [0.2, 0.25) is 0 Å². The van der Waals surface area contributed by atoms with E-state index in [1.807, 2.05) is 0 Å². The van der Waals surface area contributed by atoms with Crippen LogP contribution in [0.1, 0.15) is 27.7 Å². The highest BCUT2D eigenvalue weighted by Crippen LogP contribution is 2.13. The third-order valence-electron chi connectivity index (χ3n) is 1.85. The Morgan fingerprint density at radius 3 is 1.00 bits per heavy atom. The van der Waals surface area contributed by atoms with Gasteiger partial charge in [-0.15, -0.1) is 0 Å². The van der Waals surface area contributed by atoms with E-state index < -0.39 is 0 Å². The molecule has 0 amide bonds. The van der Waals surface area contributed by atoms with Crippen LogP contribution >= 0.6 is 0 Å². The van der Waals surface area contributed by atoms with Crippen LogP contribution in [0.4, 0.5) is 0 Å². The Labute approximate surface area is 111 Å². The van der Waals surface area contributed by atoms with E-state index in [9.17, 15) is 0 Å². The summed E-state index contributed by atoms with van der Waals surface area (Å²) in [5.74, 6) is 0.339. The van der Waals surface area contributed by atoms with E-state index in [-0.39, 0.29) is 11.5 Å². The van der Waals surface area contributed by atoms with Gasteiger partial charge in [0.25, 0.3) is 0 Å². The summed E-state index contributed by atoms with van der Waals surface area (Å²) in [4.78, 5) is 0. The van der Waals surface area contributed by atoms with E-state index in [1.165, 1.54) is 24.3 Å². The third-order valence-corrected chi connectivity index (χ3v) is 1.85. The molecule has 0 bridgehead atoms. The monoisotopic (exact) mass is 256 g/mol. The molecule has 4 nitrogen and oxygen atoms in total. The normalized spacial score (nSPS) is 8.67. The zero-order chi connectivity index (χ0) is 14.2. The number of phenolic OH excluding ortho intramolecular Hbond substituents is 2. The molecule has 0 aliphatic carbocycles. The Hall–Kier alpha value is -1.26. The van der Waals surface area contributed by atoms with Crippen molar-refractivity contribution in [3.63, 3.8) is 0 Å². The highest BCUT2D eigenvalue weighted by molar-refractivity contribution is 5.28. The van der Waals surface area contributed by atoms with Crippen LogP contribution in [0.15, 0.2) is 24.3 Å². The zero-order valence-corrected chi connectivity index (χ0v) is 12.0. The first-order valence-corrected chi connectivity index (χ1v) is 6.51. The van der Waals surface area contributed by atoms with Crippen molar-refractivity contribution in [3.8, 4) is 11.5 Å². The quantitative estimate of drug-likeness (QED) is 0.624. The van der Waals surface area contributed by atoms with Crippen LogP contribution < -0.4 is 10.6 Å². The van der Waals surface area contributed by atoms with Crippen LogP contribution in [0, 0.1) is 0 Å². The van der Waals surface area contributed by atoms with Crippen molar-refractivity contribution in [3.05, 3.63) is 24.3 Å². The second kappa shape index (κ2) is 15.7. The molecule has 0 aliphatic rings. The van der Waals surface area contributed by atoms with E-state index >= 15 is 0 Å². The van der Waals surface area contributed by atoms with Crippen LogP contribution in [-0.4, -0.2) is 36.4 Å². The summed E-state index contributed by atoms with van der Waals surface area (Å²) in [7, 11) is 0. The molecule has 0 aliphatic heterocycles. The van der Waals surface area contributed by atoms with E-state index in [0.717, 1.165) is 26.2 Å². The number of aromatic hydroxyl groups is 2. The summed E-state index contributed by atoms with van der Waals surface area (Å²) >= 11 is 0. The molecule has 0 unspecified atom stereocenters. The van der Waals surface area contributed by atoms with Crippen molar-refractivity contribution < 1.29 is 10.2 Å². The maximum atomic E-state index is 8.65. The van der Waals surface area contributed by atoms with Gasteiger partial charge in [-0.2, -0.15) is 0 Å². The van der Waals surface area contributed by atoms with Gasteiger partial charge < -0.3 is 20.8 Å². The highest BCUT2D eigenvalue weighted by Gasteiger charge is 1.84. The Bertz CT molecular complexity index is 219. The number of rotatable bonds is 4. The molecule has 0 saturated heterocycles. The summed E-state index contributed by atoms with van der Waals surface area (Å²) in [6, 6.07) is 5.70. The zero-order valence-electron chi connectivity index (χ0n) is 12.0. The molecular formula is C14H28N2O2. The smallest absolute Gasteiger partial charge is 0.115 e. The topological polar surface area (TPSA) is 64.5 Å². The SMILES string of the molecule is CCNCC.CCNCC.Oc1ccc(O)cc1. The van der Waals surface area contributed by atoms with Crippen molar-refractivity contribution in [2.45, 2.75) is 27.7 Å². The van der Waals surface area contributed by atoms with Gasteiger partial charge in [0.05, 0.1) is 0 Å². The molecule has 0 aromatic heterocycles. The number of hydrogen-bond acceptors (Lipinski definition) is 4. The van der Waals surface area contributed by atoms with E-state index in [4.69, 9.17) is 10.2 Å². The maximum Gasteiger partial charge on any atom is 0.115 e. The Morgan fingerprint density at radius 1 is 0.667 bits per heavy atom. The van der Waals surface area contributed by atoms with Gasteiger partial charge in [0.15, 0.2) is 0 Å². The first kappa shape index (κ1) is 19.1. The van der Waals surface area contributed by atoms with Crippen LogP contribution in [0.5, 0.6) is 11.5 Å². The molecule has 0 atom stereocenters. The van der Waals surface area contributed by atoms with Gasteiger partial charge in [-0.05, 0) is 50.4 Å². The van der Waals surface area contributed by atoms with Gasteiger partial charge in [0.1, 0.15) is 11.5 Å². The van der Waals surface area contributed by atoms with Crippen molar-refractivity contribution in [1.29, 1.82) is 0 Å². The van der Waals surface area contributed by atoms with Gasteiger partial charge in [0.2, 0.25) is 0 Å². The van der Waals surface area contributed by atoms with E-state index in [0.29, 0.717) is 0 Å². The molecule has 0 fully saturated rings. The number of nitrogens with one attached hydrogen (secondary N) is 2. The van der Waals surface area contributed by atoms with Gasteiger partial charge in [-0.1, -0.05) is 27.7 Å². The summed E-state index contributed by atoms with van der Waals surface area (Å²) in [5.41, 5.74) is 0. The lowest BCUT2D eigenvalue weighted by Gasteiger charge is -1.88. The molecule has 18 heavy (non-hydrogen) atoms. The predicted molar refractivity (Wildman–Crippen MR) is 78.2 cm³/mol. The number of phenols is 2. The summed E-state index contributed by atoms with van der Waals surface area (Å²) in [5, 5.41) is 23.5. The van der Waals surface area contributed by atoms with Crippen LogP contribution in [0.25, 0.3) is 0 Å². The van der Waals surface area contributed by atoms with Crippen molar-refractivity contribution in [1.82, 2.24) is 10.6 Å². The van der Waals surface area contributed by atoms with E-state index in [2.05, 4.69) is 38.3 Å². The fraction of sp³-hybridized carbons (Fsp3) is 0.571. The molecule has 1 aromatic rings. The summed E-state index contributed by atoms with van der Waals surface area (Å²) in [6.07, 6.45) is 0. The minimum atomic E-state index is 0.169. The van der Waals surface area contributed by atoms with Crippen molar-refractivity contribution in [2.24, 2.45) is 0 Å².